The van der Waals surface area contributed by atoms with E-state index in [1.54, 1.807) is 0 Å². The minimum absolute atomic E-state index is 1.14. The fourth-order valence-electron chi connectivity index (χ4n) is 0.385. The van der Waals surface area contributed by atoms with Crippen LogP contribution in [-0.4, -0.2) is 13.8 Å². The van der Waals surface area contributed by atoms with Crippen molar-refractivity contribution in [3.63, 3.8) is 0 Å². The van der Waals surface area contributed by atoms with Crippen LogP contribution in [0.3, 0.4) is 0 Å². The van der Waals surface area contributed by atoms with Gasteiger partial charge in [-0.3, -0.25) is 0 Å². The van der Waals surface area contributed by atoms with Gasteiger partial charge in [-0.1, -0.05) is 36.4 Å². The molecule has 1 rings (SSSR count). The molecule has 0 aromatic heterocycles. The first-order chi connectivity index (χ1) is 4.73. The normalized spacial score (nSPS) is 8.40. The van der Waals surface area contributed by atoms with E-state index in [0.717, 1.165) is 0 Å². The second kappa shape index (κ2) is 6.52. The number of hydrogen-bond acceptors (Lipinski definition) is 1. The molecule has 1 aromatic rings. The molecule has 0 atom stereocenters. The number of benzene rings is 1. The Bertz CT molecular complexity index is 110. The van der Waals surface area contributed by atoms with Crippen molar-refractivity contribution in [3.8, 4) is 0 Å². The molecule has 0 aliphatic rings. The number of rotatable bonds is 0. The highest BCUT2D eigenvalue weighted by Crippen LogP contribution is 1.79. The van der Waals surface area contributed by atoms with Gasteiger partial charge in [0.05, 0.1) is 0 Å². The van der Waals surface area contributed by atoms with Crippen molar-refractivity contribution in [2.45, 2.75) is 13.1 Å². The summed E-state index contributed by atoms with van der Waals surface area (Å²) < 4.78 is 0. The zero-order valence-electron chi connectivity index (χ0n) is 6.49. The summed E-state index contributed by atoms with van der Waals surface area (Å²) in [6.07, 6.45) is 0. The van der Waals surface area contributed by atoms with E-state index >= 15 is 0 Å². The highest BCUT2D eigenvalue weighted by molar-refractivity contribution is 6.46. The molecule has 0 radical (unpaired) electrons. The minimum atomic E-state index is -1.14. The second-order valence-corrected chi connectivity index (χ2v) is 4.44. The summed E-state index contributed by atoms with van der Waals surface area (Å²) in [5.74, 6) is 0. The Morgan fingerprint density at radius 2 is 0.900 bits per heavy atom. The van der Waals surface area contributed by atoms with E-state index in [-0.39, 0.29) is 0 Å². The Labute approximate surface area is 64.1 Å². The van der Waals surface area contributed by atoms with Crippen LogP contribution >= 0.6 is 0 Å². The maximum atomic E-state index is 8.19. The Morgan fingerprint density at radius 1 is 0.800 bits per heavy atom. The summed E-state index contributed by atoms with van der Waals surface area (Å²) in [5, 5.41) is 0. The van der Waals surface area contributed by atoms with Crippen LogP contribution in [0.1, 0.15) is 0 Å². The third-order valence-corrected chi connectivity index (χ3v) is 0.667. The van der Waals surface area contributed by atoms with Crippen LogP contribution < -0.4 is 0 Å². The van der Waals surface area contributed by atoms with E-state index in [1.165, 1.54) is 0 Å². The van der Waals surface area contributed by atoms with Crippen LogP contribution in [0.15, 0.2) is 36.4 Å². The summed E-state index contributed by atoms with van der Waals surface area (Å²) in [6.45, 7) is 3.72. The van der Waals surface area contributed by atoms with Gasteiger partial charge in [0, 0.05) is 0 Å². The third-order valence-electron chi connectivity index (χ3n) is 0.667. The molecule has 1 N–H and O–H groups in total. The largest absolute Gasteiger partial charge is 0.435 e. The van der Waals surface area contributed by atoms with Crippen LogP contribution in [0.25, 0.3) is 0 Å². The lowest BCUT2D eigenvalue weighted by atomic mass is 10.4. The van der Waals surface area contributed by atoms with Gasteiger partial charge >= 0.3 is 0 Å². The molecule has 1 aromatic carbocycles. The minimum Gasteiger partial charge on any atom is -0.435 e. The maximum absolute atomic E-state index is 8.19. The molecule has 0 unspecified atom stereocenters. The monoisotopic (exact) mass is 154 g/mol. The van der Waals surface area contributed by atoms with Crippen molar-refractivity contribution in [3.05, 3.63) is 36.4 Å². The summed E-state index contributed by atoms with van der Waals surface area (Å²) in [7, 11) is -1.14. The predicted octanol–water partition coefficient (Wildman–Crippen LogP) is 1.65. The van der Waals surface area contributed by atoms with E-state index in [1.807, 2.05) is 49.5 Å². The molecular weight excluding hydrogens is 140 g/mol. The molecule has 0 bridgehead atoms. The third kappa shape index (κ3) is 10.4. The highest BCUT2D eigenvalue weighted by Gasteiger charge is 1.74. The molecule has 0 saturated carbocycles. The van der Waals surface area contributed by atoms with Gasteiger partial charge < -0.3 is 4.80 Å². The zero-order chi connectivity index (χ0) is 7.82. The fraction of sp³-hybridized carbons (Fsp3) is 0.250. The molecule has 0 heterocycles. The molecule has 10 heavy (non-hydrogen) atoms. The summed E-state index contributed by atoms with van der Waals surface area (Å²) in [5.41, 5.74) is 0. The lowest BCUT2D eigenvalue weighted by molar-refractivity contribution is 0.587. The summed E-state index contributed by atoms with van der Waals surface area (Å²) >= 11 is 0. The van der Waals surface area contributed by atoms with Gasteiger partial charge in [-0.25, -0.2) is 0 Å². The molecule has 1 nitrogen and oxygen atoms in total. The topological polar surface area (TPSA) is 20.2 Å². The molecule has 0 fully saturated rings. The fourth-order valence-corrected chi connectivity index (χ4v) is 0.385. The summed E-state index contributed by atoms with van der Waals surface area (Å²) in [4.78, 5) is 8.19. The average Bonchev–Trinajstić information content (AvgIpc) is 1.90. The first kappa shape index (κ1) is 9.40. The molecule has 0 saturated heterocycles. The van der Waals surface area contributed by atoms with Crippen molar-refractivity contribution in [1.82, 2.24) is 0 Å². The van der Waals surface area contributed by atoms with E-state index in [0.29, 0.717) is 0 Å². The first-order valence-electron chi connectivity index (χ1n) is 3.41. The summed E-state index contributed by atoms with van der Waals surface area (Å²) in [6, 6.07) is 12.0. The lowest BCUT2D eigenvalue weighted by Gasteiger charge is -1.76. The van der Waals surface area contributed by atoms with Gasteiger partial charge in [0.25, 0.3) is 0 Å². The quantitative estimate of drug-likeness (QED) is 0.563. The van der Waals surface area contributed by atoms with E-state index in [2.05, 4.69) is 0 Å². The molecule has 56 valence electrons. The van der Waals surface area contributed by atoms with Crippen molar-refractivity contribution in [2.75, 3.05) is 0 Å². The average molecular weight is 154 g/mol. The van der Waals surface area contributed by atoms with Crippen LogP contribution in [-0.2, 0) is 0 Å². The standard InChI is InChI=1S/C6H6.C2H8OSi/c1-2-4-6-5-3-1;1-4(2)3/h1-6H;3-4H,1-2H3. The zero-order valence-corrected chi connectivity index (χ0v) is 7.64. The van der Waals surface area contributed by atoms with Gasteiger partial charge in [-0.2, -0.15) is 0 Å². The van der Waals surface area contributed by atoms with Gasteiger partial charge in [0.2, 0.25) is 0 Å². The Balaban J connectivity index is 0.000000180. The molecule has 0 amide bonds. The Kier molecular flexibility index (Phi) is 6.12. The predicted molar refractivity (Wildman–Crippen MR) is 47.5 cm³/mol. The molecular formula is C8H14OSi. The van der Waals surface area contributed by atoms with Crippen LogP contribution in [0.2, 0.25) is 13.1 Å². The second-order valence-electron chi connectivity index (χ2n) is 2.25. The molecule has 0 spiro atoms. The van der Waals surface area contributed by atoms with Crippen LogP contribution in [0, 0.1) is 0 Å². The van der Waals surface area contributed by atoms with E-state index < -0.39 is 9.04 Å². The van der Waals surface area contributed by atoms with Crippen molar-refractivity contribution < 1.29 is 4.80 Å². The molecule has 0 aliphatic heterocycles. The van der Waals surface area contributed by atoms with Crippen LogP contribution in [0.4, 0.5) is 0 Å². The lowest BCUT2D eigenvalue weighted by Crippen LogP contribution is -1.93. The van der Waals surface area contributed by atoms with Gasteiger partial charge in [-0.15, -0.1) is 0 Å². The smallest absolute Gasteiger partial charge is 0.166 e. The molecule has 2 heteroatoms. The van der Waals surface area contributed by atoms with Crippen LogP contribution in [0.5, 0.6) is 0 Å². The van der Waals surface area contributed by atoms with E-state index in [9.17, 15) is 0 Å². The number of hydrogen-bond donors (Lipinski definition) is 1. The van der Waals surface area contributed by atoms with Crippen molar-refractivity contribution in [1.29, 1.82) is 0 Å². The van der Waals surface area contributed by atoms with Gasteiger partial charge in [0.15, 0.2) is 9.04 Å². The molecule has 0 aliphatic carbocycles. The van der Waals surface area contributed by atoms with E-state index in [4.69, 9.17) is 4.80 Å². The van der Waals surface area contributed by atoms with Gasteiger partial charge in [0.1, 0.15) is 0 Å². The maximum Gasteiger partial charge on any atom is 0.166 e. The Morgan fingerprint density at radius 3 is 1.00 bits per heavy atom. The van der Waals surface area contributed by atoms with Crippen molar-refractivity contribution >= 4 is 9.04 Å². The van der Waals surface area contributed by atoms with Gasteiger partial charge in [-0.05, 0) is 13.1 Å². The highest BCUT2D eigenvalue weighted by atomic mass is 28.3. The first-order valence-corrected chi connectivity index (χ1v) is 6.24. The van der Waals surface area contributed by atoms with Crippen molar-refractivity contribution in [2.24, 2.45) is 0 Å². The SMILES string of the molecule is C[SiH](C)O.c1ccccc1. The Hall–Kier alpha value is -0.603.